The molecule has 80 heavy (non-hydrogen) atoms. The Bertz CT molecular complexity index is 3250. The quantitative estimate of drug-likeness (QED) is 0.0446. The van der Waals surface area contributed by atoms with Gasteiger partial charge >= 0.3 is 24.3 Å². The lowest BCUT2D eigenvalue weighted by molar-refractivity contribution is 0.105. The molecular weight excluding hydrogens is 1100 g/mol. The summed E-state index contributed by atoms with van der Waals surface area (Å²) in [5.41, 5.74) is -0.760. The molecule has 2 heterocycles. The number of thiazole rings is 2. The second kappa shape index (κ2) is 25.2. The van der Waals surface area contributed by atoms with Gasteiger partial charge in [0.05, 0.1) is 47.9 Å². The normalized spacial score (nSPS) is 17.8. The molecule has 0 unspecified atom stereocenters. The Labute approximate surface area is 478 Å². The maximum Gasteiger partial charge on any atom is 0.411 e. The Kier molecular flexibility index (Phi) is 19.3. The highest BCUT2D eigenvalue weighted by Gasteiger charge is 2.42. The molecule has 2 aromatic heterocycles. The van der Waals surface area contributed by atoms with Crippen molar-refractivity contribution in [3.63, 3.8) is 0 Å². The number of amides is 5. The Morgan fingerprint density at radius 2 is 1.23 bits per heavy atom. The molecule has 0 radical (unpaired) electrons. The molecule has 0 atom stereocenters. The number of alkyl carbamates (subject to hydrolysis) is 2. The fourth-order valence-electron chi connectivity index (χ4n) is 9.36. The number of ether oxygens (including phenoxy) is 3. The van der Waals surface area contributed by atoms with Gasteiger partial charge in [-0.05, 0) is 158 Å². The van der Waals surface area contributed by atoms with Crippen molar-refractivity contribution >= 4 is 84.2 Å². The van der Waals surface area contributed by atoms with Crippen LogP contribution in [0, 0.1) is 0 Å². The lowest BCUT2D eigenvalue weighted by Crippen LogP contribution is -2.46. The summed E-state index contributed by atoms with van der Waals surface area (Å²) < 4.78 is 82.2. The number of aromatic nitrogens is 2. The molecule has 0 aliphatic heterocycles. The molecule has 20 nitrogen and oxygen atoms in total. The first-order valence-electron chi connectivity index (χ1n) is 26.8. The van der Waals surface area contributed by atoms with E-state index in [2.05, 4.69) is 31.3 Å². The van der Waals surface area contributed by atoms with Crippen molar-refractivity contribution in [1.82, 2.24) is 30.6 Å². The van der Waals surface area contributed by atoms with Crippen LogP contribution in [0.15, 0.2) is 82.7 Å². The van der Waals surface area contributed by atoms with Crippen molar-refractivity contribution in [3.05, 3.63) is 88.5 Å². The second-order valence-corrected chi connectivity index (χ2v) is 28.5. The summed E-state index contributed by atoms with van der Waals surface area (Å²) in [6.45, 7) is 20.9. The van der Waals surface area contributed by atoms with Crippen molar-refractivity contribution in [1.29, 1.82) is 0 Å². The van der Waals surface area contributed by atoms with Gasteiger partial charge in [-0.2, -0.15) is 0 Å². The van der Waals surface area contributed by atoms with Crippen LogP contribution < -0.4 is 35.6 Å². The van der Waals surface area contributed by atoms with Crippen LogP contribution in [0.2, 0.25) is 0 Å². The number of carbonyl (C=O) groups is 4. The Morgan fingerprint density at radius 3 is 1.81 bits per heavy atom. The van der Waals surface area contributed by atoms with Gasteiger partial charge in [0.15, 0.2) is 5.82 Å². The average Bonchev–Trinajstić information content (AvgIpc) is 4.05. The fourth-order valence-corrected chi connectivity index (χ4v) is 15.6. The molecule has 6 N–H and O–H groups in total. The topological polar surface area (TPSA) is 265 Å². The van der Waals surface area contributed by atoms with Gasteiger partial charge in [0.2, 0.25) is 10.0 Å². The number of hydrogen-bond donors (Lipinski definition) is 6. The number of rotatable bonds is 18. The molecule has 5 aromatic rings. The molecule has 0 saturated heterocycles. The van der Waals surface area contributed by atoms with E-state index < -0.39 is 61.5 Å². The molecular formula is C56H75N9O11S4. The van der Waals surface area contributed by atoms with Crippen molar-refractivity contribution in [3.8, 4) is 20.9 Å². The maximum absolute atomic E-state index is 16.3. The number of anilines is 3. The van der Waals surface area contributed by atoms with Crippen LogP contribution in [0.25, 0.3) is 20.9 Å². The van der Waals surface area contributed by atoms with E-state index in [0.717, 1.165) is 10.6 Å². The summed E-state index contributed by atoms with van der Waals surface area (Å²) in [7, 11) is -9.26. The van der Waals surface area contributed by atoms with Gasteiger partial charge in [0, 0.05) is 70.2 Å². The first-order valence-corrected chi connectivity index (χ1v) is 31.4. The monoisotopic (exact) mass is 1180 g/mol. The maximum atomic E-state index is 16.3. The predicted molar refractivity (Wildman–Crippen MR) is 312 cm³/mol. The van der Waals surface area contributed by atoms with Gasteiger partial charge in [-0.15, -0.1) is 22.7 Å². The standard InChI is InChI=1S/C56H75N9O11S4/c1-32(2)74-52(67)60-38-20-18-36(19-21-38)50-63-48(47(78-50)43-25-23-39(28-45(43)79(70,71)64-55(7,8)9)59-51(66)58-30-35-16-14-13-15-17-35)65(56(10,11)12)80(72,73)46-29-40(61-53(68)75-33(3)4)22-24-42(46)44-31-57-49(77-44)37-26-41(27-37)62-54(69)76-34(5)6/h13-17,22-25,28-29,31-34,36-38,41,64H,18-21,26-27,30H2,1-12H3,(H,60,67)(H,61,68)(H,62,69)(H2,58,59,66). The summed E-state index contributed by atoms with van der Waals surface area (Å²) in [4.78, 5) is 61.7. The Hall–Kier alpha value is -6.34. The number of nitrogens with zero attached hydrogens (tertiary/aromatic N) is 3. The number of nitrogens with one attached hydrogen (secondary N) is 6. The second-order valence-electron chi connectivity index (χ2n) is 23.0. The van der Waals surface area contributed by atoms with Crippen molar-refractivity contribution < 1.29 is 50.2 Å². The van der Waals surface area contributed by atoms with Crippen LogP contribution in [-0.2, 0) is 40.8 Å². The molecule has 5 amide bonds. The molecule has 434 valence electrons. The SMILES string of the molecule is CC(C)OC(=O)Nc1ccc(-c2cnc(C3CC(NC(=O)OC(C)C)C3)s2)c(S(=O)(=O)N(c2nc(C3CCC(NC(=O)OC(C)C)CC3)sc2-c2ccc(NC(=O)NCc3ccccc3)cc2S(=O)(=O)NC(C)(C)C)C(C)(C)C)c1. The highest BCUT2D eigenvalue weighted by molar-refractivity contribution is 7.93. The van der Waals surface area contributed by atoms with E-state index in [4.69, 9.17) is 24.2 Å². The third-order valence-electron chi connectivity index (χ3n) is 12.7. The average molecular weight is 1180 g/mol. The van der Waals surface area contributed by atoms with Crippen LogP contribution >= 0.6 is 22.7 Å². The molecule has 2 aliphatic rings. The van der Waals surface area contributed by atoms with Gasteiger partial charge in [-0.25, -0.2) is 55.0 Å². The smallest absolute Gasteiger partial charge is 0.411 e. The third-order valence-corrected chi connectivity index (χ3v) is 19.0. The molecule has 24 heteroatoms. The van der Waals surface area contributed by atoms with E-state index in [0.29, 0.717) is 48.4 Å². The predicted octanol–water partition coefficient (Wildman–Crippen LogP) is 11.8. The third kappa shape index (κ3) is 16.0. The number of carbonyl (C=O) groups excluding carboxylic acids is 4. The van der Waals surface area contributed by atoms with E-state index in [-0.39, 0.29) is 85.7 Å². The minimum atomic E-state index is -4.81. The summed E-state index contributed by atoms with van der Waals surface area (Å²) in [6.07, 6.45) is 2.16. The molecule has 0 bridgehead atoms. The molecule has 3 aromatic carbocycles. The van der Waals surface area contributed by atoms with E-state index in [1.54, 1.807) is 114 Å². The van der Waals surface area contributed by atoms with Gasteiger partial charge < -0.3 is 35.5 Å². The van der Waals surface area contributed by atoms with Crippen molar-refractivity contribution in [2.24, 2.45) is 0 Å². The summed E-state index contributed by atoms with van der Waals surface area (Å²) in [6, 6.07) is 17.4. The number of urea groups is 1. The van der Waals surface area contributed by atoms with Gasteiger partial charge in [-0.3, -0.25) is 5.32 Å². The highest BCUT2D eigenvalue weighted by atomic mass is 32.2. The minimum Gasteiger partial charge on any atom is -0.447 e. The van der Waals surface area contributed by atoms with Crippen LogP contribution in [0.1, 0.15) is 149 Å². The first kappa shape index (κ1) is 61.3. The van der Waals surface area contributed by atoms with Gasteiger partial charge in [-0.1, -0.05) is 36.4 Å². The van der Waals surface area contributed by atoms with Gasteiger partial charge in [0.1, 0.15) is 0 Å². The van der Waals surface area contributed by atoms with Crippen LogP contribution in [0.5, 0.6) is 0 Å². The Balaban J connectivity index is 1.37. The van der Waals surface area contributed by atoms with E-state index in [9.17, 15) is 27.6 Å². The summed E-state index contributed by atoms with van der Waals surface area (Å²) in [5, 5.41) is 15.4. The first-order chi connectivity index (χ1) is 37.4. The van der Waals surface area contributed by atoms with Crippen molar-refractivity contribution in [2.75, 3.05) is 14.9 Å². The number of benzene rings is 3. The zero-order valence-corrected chi connectivity index (χ0v) is 50.7. The number of hydrogen-bond acceptors (Lipinski definition) is 15. The van der Waals surface area contributed by atoms with Crippen LogP contribution in [0.3, 0.4) is 0 Å². The van der Waals surface area contributed by atoms with E-state index in [1.165, 1.54) is 39.1 Å². The van der Waals surface area contributed by atoms with Gasteiger partial charge in [0.25, 0.3) is 10.0 Å². The zero-order valence-electron chi connectivity index (χ0n) is 47.4. The lowest BCUT2D eigenvalue weighted by Gasteiger charge is -2.36. The molecule has 7 rings (SSSR count). The fraction of sp³-hybridized carbons (Fsp3) is 0.500. The van der Waals surface area contributed by atoms with Crippen molar-refractivity contribution in [2.45, 2.75) is 191 Å². The molecule has 2 aliphatic carbocycles. The largest absolute Gasteiger partial charge is 0.447 e. The van der Waals surface area contributed by atoms with E-state index >= 15 is 8.42 Å². The van der Waals surface area contributed by atoms with E-state index in [1.807, 2.05) is 30.3 Å². The number of sulfonamides is 2. The lowest BCUT2D eigenvalue weighted by atomic mass is 9.81. The minimum absolute atomic E-state index is 0.0184. The van der Waals surface area contributed by atoms with Crippen LogP contribution in [-0.4, -0.2) is 92.6 Å². The summed E-state index contributed by atoms with van der Waals surface area (Å²) >= 11 is 2.49. The zero-order chi connectivity index (χ0) is 58.5. The molecule has 2 fully saturated rings. The highest BCUT2D eigenvalue weighted by Crippen LogP contribution is 2.49. The Morgan fingerprint density at radius 1 is 0.662 bits per heavy atom. The van der Waals surface area contributed by atoms with Crippen LogP contribution in [0.4, 0.5) is 36.4 Å². The molecule has 2 saturated carbocycles. The summed E-state index contributed by atoms with van der Waals surface area (Å²) in [5.74, 6) is -0.300. The molecule has 0 spiro atoms.